The lowest BCUT2D eigenvalue weighted by Crippen LogP contribution is -2.37. The minimum absolute atomic E-state index is 0.190. The summed E-state index contributed by atoms with van der Waals surface area (Å²) in [4.78, 5) is 4.25. The van der Waals surface area contributed by atoms with Crippen molar-refractivity contribution < 1.29 is 4.39 Å². The molecule has 0 heterocycles. The summed E-state index contributed by atoms with van der Waals surface area (Å²) in [5.41, 5.74) is 7.70. The van der Waals surface area contributed by atoms with Crippen molar-refractivity contribution in [2.24, 2.45) is 16.6 Å². The molecule has 0 aliphatic heterocycles. The monoisotopic (exact) mass is 275 g/mol. The molecule has 0 unspecified atom stereocenters. The van der Waals surface area contributed by atoms with Gasteiger partial charge in [-0.25, -0.2) is 9.38 Å². The van der Waals surface area contributed by atoms with Gasteiger partial charge in [0.1, 0.15) is 5.82 Å². The summed E-state index contributed by atoms with van der Waals surface area (Å²) < 4.78 is 13.8. The predicted octanol–water partition coefficient (Wildman–Crippen LogP) is 2.91. The molecule has 108 valence electrons. The van der Waals surface area contributed by atoms with E-state index in [0.717, 1.165) is 12.5 Å². The van der Waals surface area contributed by atoms with Crippen LogP contribution in [0.1, 0.15) is 49.1 Å². The van der Waals surface area contributed by atoms with E-state index in [-0.39, 0.29) is 5.82 Å². The minimum Gasteiger partial charge on any atom is -0.370 e. The number of aliphatic imine (C=N–C) groups is 1. The van der Waals surface area contributed by atoms with Crippen LogP contribution in [0.2, 0.25) is 0 Å². The van der Waals surface area contributed by atoms with Crippen molar-refractivity contribution >= 4 is 5.96 Å². The quantitative estimate of drug-likeness (QED) is 0.641. The van der Waals surface area contributed by atoms with Crippen LogP contribution >= 0.6 is 0 Å². The summed E-state index contributed by atoms with van der Waals surface area (Å²) in [6, 6.07) is 5.38. The molecule has 2 fully saturated rings. The third-order valence-corrected chi connectivity index (χ3v) is 4.33. The van der Waals surface area contributed by atoms with Crippen LogP contribution in [0, 0.1) is 11.7 Å². The van der Waals surface area contributed by atoms with E-state index in [1.165, 1.54) is 37.7 Å². The zero-order valence-corrected chi connectivity index (χ0v) is 11.7. The van der Waals surface area contributed by atoms with Crippen molar-refractivity contribution in [3.63, 3.8) is 0 Å². The van der Waals surface area contributed by atoms with Crippen LogP contribution in [-0.4, -0.2) is 12.5 Å². The Balaban J connectivity index is 1.56. The molecule has 0 saturated heterocycles. The number of benzene rings is 1. The largest absolute Gasteiger partial charge is 0.370 e. The van der Waals surface area contributed by atoms with E-state index < -0.39 is 0 Å². The van der Waals surface area contributed by atoms with Crippen molar-refractivity contribution in [2.75, 3.05) is 6.54 Å². The van der Waals surface area contributed by atoms with Crippen LogP contribution in [-0.2, 0) is 6.54 Å². The number of halogens is 1. The van der Waals surface area contributed by atoms with E-state index >= 15 is 0 Å². The van der Waals surface area contributed by atoms with Crippen LogP contribution in [0.3, 0.4) is 0 Å². The van der Waals surface area contributed by atoms with Gasteiger partial charge < -0.3 is 11.1 Å². The maximum absolute atomic E-state index is 13.8. The minimum atomic E-state index is -0.190. The average molecular weight is 275 g/mol. The normalized spacial score (nSPS) is 19.8. The molecule has 20 heavy (non-hydrogen) atoms. The summed E-state index contributed by atoms with van der Waals surface area (Å²) >= 11 is 0. The molecule has 0 spiro atoms. The Kier molecular flexibility index (Phi) is 3.90. The van der Waals surface area contributed by atoms with Gasteiger partial charge in [0.05, 0.1) is 6.54 Å². The smallest absolute Gasteiger partial charge is 0.188 e. The van der Waals surface area contributed by atoms with Crippen LogP contribution in [0.25, 0.3) is 0 Å². The highest BCUT2D eigenvalue weighted by atomic mass is 19.1. The first kappa shape index (κ1) is 13.4. The number of guanidine groups is 1. The third kappa shape index (κ3) is 3.30. The lowest BCUT2D eigenvalue weighted by molar-refractivity contribution is 0.315. The van der Waals surface area contributed by atoms with E-state index in [4.69, 9.17) is 5.73 Å². The molecule has 2 saturated carbocycles. The fraction of sp³-hybridized carbons (Fsp3) is 0.562. The van der Waals surface area contributed by atoms with E-state index in [9.17, 15) is 4.39 Å². The summed E-state index contributed by atoms with van der Waals surface area (Å²) in [5.74, 6) is 1.60. The highest BCUT2D eigenvalue weighted by molar-refractivity contribution is 5.77. The molecule has 0 atom stereocenters. The van der Waals surface area contributed by atoms with Crippen LogP contribution in [0.4, 0.5) is 4.39 Å². The third-order valence-electron chi connectivity index (χ3n) is 4.33. The zero-order chi connectivity index (χ0) is 13.9. The second kappa shape index (κ2) is 5.81. The molecule has 2 aliphatic rings. The molecule has 0 aromatic heterocycles. The second-order valence-electron chi connectivity index (χ2n) is 6.00. The van der Waals surface area contributed by atoms with Gasteiger partial charge in [0.15, 0.2) is 5.96 Å². The van der Waals surface area contributed by atoms with Gasteiger partial charge in [-0.3, -0.25) is 0 Å². The Morgan fingerprint density at radius 3 is 2.75 bits per heavy atom. The first-order valence-corrected chi connectivity index (χ1v) is 7.54. The number of nitrogens with one attached hydrogen (secondary N) is 1. The molecular formula is C16H22FN3. The Bertz CT molecular complexity index is 504. The van der Waals surface area contributed by atoms with Gasteiger partial charge in [0.2, 0.25) is 0 Å². The Morgan fingerprint density at radius 1 is 1.30 bits per heavy atom. The highest BCUT2D eigenvalue weighted by Crippen LogP contribution is 2.40. The van der Waals surface area contributed by atoms with E-state index in [1.54, 1.807) is 6.07 Å². The Morgan fingerprint density at radius 2 is 2.10 bits per heavy atom. The van der Waals surface area contributed by atoms with Gasteiger partial charge in [0.25, 0.3) is 0 Å². The standard InChI is InChI=1S/C16H22FN3/c17-15-7-6-13(12-4-5-12)8-14(15)10-20-16(18)19-9-11-2-1-3-11/h6-8,11-12H,1-5,9-10H2,(H3,18,19,20). The van der Waals surface area contributed by atoms with E-state index in [1.807, 2.05) is 12.1 Å². The lowest BCUT2D eigenvalue weighted by atomic mass is 9.85. The number of nitrogens with two attached hydrogens (primary N) is 1. The van der Waals surface area contributed by atoms with E-state index in [2.05, 4.69) is 10.3 Å². The van der Waals surface area contributed by atoms with Crippen molar-refractivity contribution in [3.8, 4) is 0 Å². The fourth-order valence-corrected chi connectivity index (χ4v) is 2.56. The van der Waals surface area contributed by atoms with Crippen molar-refractivity contribution in [2.45, 2.75) is 44.6 Å². The summed E-state index contributed by atoms with van der Waals surface area (Å²) in [5, 5.41) is 3.13. The molecule has 1 aromatic carbocycles. The Labute approximate surface area is 119 Å². The van der Waals surface area contributed by atoms with Crippen molar-refractivity contribution in [3.05, 3.63) is 35.1 Å². The first-order chi connectivity index (χ1) is 9.72. The number of nitrogens with zero attached hydrogens (tertiary/aromatic N) is 1. The van der Waals surface area contributed by atoms with Gasteiger partial charge >= 0.3 is 0 Å². The van der Waals surface area contributed by atoms with E-state index in [0.29, 0.717) is 24.0 Å². The summed E-state index contributed by atoms with van der Waals surface area (Å²) in [6.45, 7) is 1.20. The second-order valence-corrected chi connectivity index (χ2v) is 6.00. The zero-order valence-electron chi connectivity index (χ0n) is 11.7. The molecule has 2 aliphatic carbocycles. The molecule has 0 amide bonds. The molecular weight excluding hydrogens is 253 g/mol. The van der Waals surface area contributed by atoms with Gasteiger partial charge in [-0.2, -0.15) is 0 Å². The van der Waals surface area contributed by atoms with Crippen LogP contribution in [0.15, 0.2) is 23.2 Å². The molecule has 4 heteroatoms. The Hall–Kier alpha value is -1.58. The molecule has 3 N–H and O–H groups in total. The van der Waals surface area contributed by atoms with Gasteiger partial charge in [-0.05, 0) is 49.1 Å². The van der Waals surface area contributed by atoms with Gasteiger partial charge in [0, 0.05) is 12.1 Å². The van der Waals surface area contributed by atoms with Gasteiger partial charge in [-0.1, -0.05) is 18.6 Å². The lowest BCUT2D eigenvalue weighted by Gasteiger charge is -2.25. The maximum Gasteiger partial charge on any atom is 0.188 e. The summed E-state index contributed by atoms with van der Waals surface area (Å²) in [6.07, 6.45) is 6.32. The molecule has 1 aromatic rings. The SMILES string of the molecule is NC(=NCc1cc(C2CC2)ccc1F)NCC1CCC1. The molecule has 3 nitrogen and oxygen atoms in total. The first-order valence-electron chi connectivity index (χ1n) is 7.54. The molecule has 0 radical (unpaired) electrons. The fourth-order valence-electron chi connectivity index (χ4n) is 2.56. The number of hydrogen-bond acceptors (Lipinski definition) is 1. The van der Waals surface area contributed by atoms with Crippen LogP contribution in [0.5, 0.6) is 0 Å². The highest BCUT2D eigenvalue weighted by Gasteiger charge is 2.24. The molecule has 0 bridgehead atoms. The topological polar surface area (TPSA) is 50.4 Å². The number of rotatable bonds is 5. The maximum atomic E-state index is 13.8. The predicted molar refractivity (Wildman–Crippen MR) is 79.0 cm³/mol. The number of hydrogen-bond donors (Lipinski definition) is 2. The van der Waals surface area contributed by atoms with Crippen LogP contribution < -0.4 is 11.1 Å². The molecule has 3 rings (SSSR count). The van der Waals surface area contributed by atoms with Crippen molar-refractivity contribution in [1.82, 2.24) is 5.32 Å². The average Bonchev–Trinajstić information content (AvgIpc) is 3.20. The van der Waals surface area contributed by atoms with Gasteiger partial charge in [-0.15, -0.1) is 0 Å². The van der Waals surface area contributed by atoms with Crippen molar-refractivity contribution in [1.29, 1.82) is 0 Å². The summed E-state index contributed by atoms with van der Waals surface area (Å²) in [7, 11) is 0.